The van der Waals surface area contributed by atoms with Crippen LogP contribution in [0.25, 0.3) is 0 Å². The van der Waals surface area contributed by atoms with Crippen LogP contribution in [-0.4, -0.2) is 4.92 Å². The Bertz CT molecular complexity index is 141. The molecule has 0 aromatic heterocycles. The average molecular weight is 131 g/mol. The molecule has 0 fully saturated rings. The van der Waals surface area contributed by atoms with Crippen molar-refractivity contribution < 1.29 is 4.92 Å². The van der Waals surface area contributed by atoms with Crippen molar-refractivity contribution in [3.05, 3.63) is 33.9 Å². The molecule has 3 nitrogen and oxygen atoms in total. The van der Waals surface area contributed by atoms with Crippen LogP contribution >= 0.6 is 12.6 Å². The number of thiol groups is 1. The first-order chi connectivity index (χ1) is 3.68. The second-order valence-corrected chi connectivity index (χ2v) is 1.48. The van der Waals surface area contributed by atoms with E-state index >= 15 is 0 Å². The Morgan fingerprint density at radius 3 is 2.50 bits per heavy atom. The van der Waals surface area contributed by atoms with Gasteiger partial charge in [-0.25, -0.2) is 0 Å². The molecular weight excluding hydrogens is 126 g/mol. The summed E-state index contributed by atoms with van der Waals surface area (Å²) < 4.78 is 0. The molecule has 0 rings (SSSR count). The number of allylic oxidation sites excluding steroid dienone is 2. The standard InChI is InChI=1S/C4H5NO2S/c1-2-3-4(8)5(6)7/h2-3,8H,1H2/b4-3-. The van der Waals surface area contributed by atoms with Crippen LogP contribution in [0.3, 0.4) is 0 Å². The number of rotatable bonds is 2. The summed E-state index contributed by atoms with van der Waals surface area (Å²) in [6, 6.07) is 0. The number of nitro groups is 1. The molecule has 0 aromatic rings. The van der Waals surface area contributed by atoms with Gasteiger partial charge in [0.1, 0.15) is 0 Å². The molecule has 0 amide bonds. The van der Waals surface area contributed by atoms with Gasteiger partial charge in [-0.3, -0.25) is 10.1 Å². The molecule has 0 aliphatic rings. The van der Waals surface area contributed by atoms with E-state index in [4.69, 9.17) is 0 Å². The first-order valence-electron chi connectivity index (χ1n) is 1.84. The number of hydrogen-bond acceptors (Lipinski definition) is 3. The van der Waals surface area contributed by atoms with Crippen molar-refractivity contribution in [3.63, 3.8) is 0 Å². The van der Waals surface area contributed by atoms with Gasteiger partial charge >= 0.3 is 0 Å². The fourth-order valence-electron chi connectivity index (χ4n) is 0.166. The summed E-state index contributed by atoms with van der Waals surface area (Å²) in [4.78, 5) is 9.11. The third-order valence-electron chi connectivity index (χ3n) is 0.454. The van der Waals surface area contributed by atoms with Crippen molar-refractivity contribution in [2.75, 3.05) is 0 Å². The summed E-state index contributed by atoms with van der Waals surface area (Å²) in [6.45, 7) is 3.25. The molecule has 0 heterocycles. The fraction of sp³-hybridized carbons (Fsp3) is 0. The van der Waals surface area contributed by atoms with Crippen LogP contribution in [-0.2, 0) is 0 Å². The molecule has 4 heteroatoms. The molecule has 0 spiro atoms. The van der Waals surface area contributed by atoms with Gasteiger partial charge in [0.2, 0.25) is 0 Å². The monoisotopic (exact) mass is 131 g/mol. The molecule has 0 unspecified atom stereocenters. The maximum atomic E-state index is 9.70. The van der Waals surface area contributed by atoms with Gasteiger partial charge in [-0.1, -0.05) is 25.3 Å². The summed E-state index contributed by atoms with van der Waals surface area (Å²) in [5.74, 6) is 0. The van der Waals surface area contributed by atoms with E-state index in [-0.39, 0.29) is 5.03 Å². The Morgan fingerprint density at radius 1 is 1.88 bits per heavy atom. The summed E-state index contributed by atoms with van der Waals surface area (Å²) in [5, 5.41) is 9.51. The maximum absolute atomic E-state index is 9.70. The van der Waals surface area contributed by atoms with Crippen LogP contribution < -0.4 is 0 Å². The van der Waals surface area contributed by atoms with Crippen LogP contribution in [0.2, 0.25) is 0 Å². The molecule has 0 aliphatic carbocycles. The van der Waals surface area contributed by atoms with E-state index in [0.717, 1.165) is 0 Å². The minimum atomic E-state index is -0.592. The van der Waals surface area contributed by atoms with Crippen molar-refractivity contribution in [1.82, 2.24) is 0 Å². The highest BCUT2D eigenvalue weighted by Gasteiger charge is 1.97. The van der Waals surface area contributed by atoms with Gasteiger partial charge < -0.3 is 0 Å². The van der Waals surface area contributed by atoms with Gasteiger partial charge in [0.15, 0.2) is 0 Å². The van der Waals surface area contributed by atoms with Crippen molar-refractivity contribution in [2.45, 2.75) is 0 Å². The molecule has 0 aromatic carbocycles. The summed E-state index contributed by atoms with van der Waals surface area (Å²) in [5.41, 5.74) is 0. The smallest absolute Gasteiger partial charge is 0.258 e. The predicted molar refractivity (Wildman–Crippen MR) is 34.3 cm³/mol. The first-order valence-corrected chi connectivity index (χ1v) is 2.29. The van der Waals surface area contributed by atoms with Crippen LogP contribution in [0.1, 0.15) is 0 Å². The minimum Gasteiger partial charge on any atom is -0.258 e. The normalized spacial score (nSPS) is 10.9. The van der Waals surface area contributed by atoms with E-state index in [1.807, 2.05) is 0 Å². The molecule has 0 saturated heterocycles. The fourth-order valence-corrected chi connectivity index (χ4v) is 0.272. The molecule has 0 N–H and O–H groups in total. The molecule has 0 atom stereocenters. The van der Waals surface area contributed by atoms with Gasteiger partial charge in [0.25, 0.3) is 5.03 Å². The van der Waals surface area contributed by atoms with E-state index in [9.17, 15) is 10.1 Å². The second-order valence-electron chi connectivity index (χ2n) is 1.02. The van der Waals surface area contributed by atoms with Crippen molar-refractivity contribution in [3.8, 4) is 0 Å². The van der Waals surface area contributed by atoms with E-state index < -0.39 is 4.92 Å². The second kappa shape index (κ2) is 3.26. The zero-order valence-electron chi connectivity index (χ0n) is 4.07. The number of nitrogens with zero attached hydrogens (tertiary/aromatic N) is 1. The van der Waals surface area contributed by atoms with Gasteiger partial charge in [-0.15, -0.1) is 0 Å². The lowest BCUT2D eigenvalue weighted by atomic mass is 10.6. The molecule has 0 radical (unpaired) electrons. The van der Waals surface area contributed by atoms with Gasteiger partial charge in [0, 0.05) is 6.08 Å². The zero-order chi connectivity index (χ0) is 6.57. The summed E-state index contributed by atoms with van der Waals surface area (Å²) in [7, 11) is 0. The van der Waals surface area contributed by atoms with E-state index in [1.54, 1.807) is 0 Å². The molecular formula is C4H5NO2S. The largest absolute Gasteiger partial charge is 0.300 e. The zero-order valence-corrected chi connectivity index (χ0v) is 4.97. The highest BCUT2D eigenvalue weighted by atomic mass is 32.1. The Hall–Kier alpha value is -0.770. The highest BCUT2D eigenvalue weighted by molar-refractivity contribution is 7.84. The van der Waals surface area contributed by atoms with Crippen LogP contribution in [0.15, 0.2) is 23.8 Å². The third-order valence-corrected chi connectivity index (χ3v) is 0.766. The maximum Gasteiger partial charge on any atom is 0.300 e. The lowest BCUT2D eigenvalue weighted by molar-refractivity contribution is -0.410. The van der Waals surface area contributed by atoms with E-state index in [1.165, 1.54) is 12.2 Å². The summed E-state index contributed by atoms with van der Waals surface area (Å²) >= 11 is 3.50. The van der Waals surface area contributed by atoms with Crippen LogP contribution in [0, 0.1) is 10.1 Å². The van der Waals surface area contributed by atoms with E-state index in [2.05, 4.69) is 19.2 Å². The molecule has 0 saturated carbocycles. The first kappa shape index (κ1) is 7.23. The molecule has 0 aliphatic heterocycles. The average Bonchev–Trinajstić information content (AvgIpc) is 1.67. The van der Waals surface area contributed by atoms with Gasteiger partial charge in [0.05, 0.1) is 4.92 Å². The van der Waals surface area contributed by atoms with Crippen LogP contribution in [0.5, 0.6) is 0 Å². The Labute approximate surface area is 52.3 Å². The Kier molecular flexibility index (Phi) is 2.95. The Morgan fingerprint density at radius 2 is 2.38 bits per heavy atom. The SMILES string of the molecule is C=C/C=C(\S)[N+](=O)[O-]. The molecule has 0 bridgehead atoms. The van der Waals surface area contributed by atoms with E-state index in [0.29, 0.717) is 0 Å². The van der Waals surface area contributed by atoms with Gasteiger partial charge in [-0.2, -0.15) is 0 Å². The molecule has 8 heavy (non-hydrogen) atoms. The van der Waals surface area contributed by atoms with Crippen LogP contribution in [0.4, 0.5) is 0 Å². The predicted octanol–water partition coefficient (Wildman–Crippen LogP) is 1.22. The summed E-state index contributed by atoms with van der Waals surface area (Å²) in [6.07, 6.45) is 2.52. The topological polar surface area (TPSA) is 43.1 Å². The quantitative estimate of drug-likeness (QED) is 0.265. The lowest BCUT2D eigenvalue weighted by Crippen LogP contribution is -1.88. The number of hydrogen-bond donors (Lipinski definition) is 1. The van der Waals surface area contributed by atoms with Gasteiger partial charge in [-0.05, 0) is 0 Å². The lowest BCUT2D eigenvalue weighted by Gasteiger charge is -1.81. The Balaban J connectivity index is 3.99. The minimum absolute atomic E-state index is 0.194. The van der Waals surface area contributed by atoms with Crippen molar-refractivity contribution in [2.24, 2.45) is 0 Å². The van der Waals surface area contributed by atoms with Crippen molar-refractivity contribution in [1.29, 1.82) is 0 Å². The molecule has 44 valence electrons. The van der Waals surface area contributed by atoms with Crippen molar-refractivity contribution >= 4 is 12.6 Å². The third kappa shape index (κ3) is 2.41. The highest BCUT2D eigenvalue weighted by Crippen LogP contribution is 1.98.